The molecule has 0 radical (unpaired) electrons. The molecule has 1 atom stereocenters. The highest BCUT2D eigenvalue weighted by molar-refractivity contribution is 5.76. The minimum absolute atomic E-state index is 0.0444. The Morgan fingerprint density at radius 1 is 1.69 bits per heavy atom. The number of carbonyl (C=O) groups excluding carboxylic acids is 1. The van der Waals surface area contributed by atoms with Crippen molar-refractivity contribution in [2.24, 2.45) is 5.92 Å². The Hall–Kier alpha value is -0.830. The number of aliphatic hydroxyl groups excluding tert-OH is 1. The molecule has 74 valence electrons. The molecule has 1 unspecified atom stereocenters. The lowest BCUT2D eigenvalue weighted by atomic mass is 10.0. The second-order valence-electron chi connectivity index (χ2n) is 3.51. The predicted octanol–water partition coefficient (Wildman–Crippen LogP) is 0.793. The molecule has 1 aliphatic carbocycles. The average molecular weight is 183 g/mol. The van der Waals surface area contributed by atoms with Gasteiger partial charge in [-0.2, -0.15) is 0 Å². The highest BCUT2D eigenvalue weighted by Gasteiger charge is 2.16. The maximum Gasteiger partial charge on any atom is 0.222 e. The molecule has 0 aromatic carbocycles. The van der Waals surface area contributed by atoms with E-state index in [0.29, 0.717) is 18.9 Å². The summed E-state index contributed by atoms with van der Waals surface area (Å²) in [6.07, 6.45) is 7.03. The number of hydrogen-bond acceptors (Lipinski definition) is 2. The largest absolute Gasteiger partial charge is 0.395 e. The van der Waals surface area contributed by atoms with Gasteiger partial charge >= 0.3 is 0 Å². The van der Waals surface area contributed by atoms with Gasteiger partial charge in [0, 0.05) is 20.0 Å². The summed E-state index contributed by atoms with van der Waals surface area (Å²) in [6.45, 7) is 0.484. The summed E-state index contributed by atoms with van der Waals surface area (Å²) in [6, 6.07) is 0. The van der Waals surface area contributed by atoms with E-state index in [1.807, 2.05) is 0 Å². The lowest BCUT2D eigenvalue weighted by Crippen LogP contribution is -2.30. The van der Waals surface area contributed by atoms with Crippen LogP contribution in [-0.2, 0) is 4.79 Å². The van der Waals surface area contributed by atoms with Gasteiger partial charge in [0.25, 0.3) is 0 Å². The number of amides is 1. The summed E-state index contributed by atoms with van der Waals surface area (Å²) in [7, 11) is 1.73. The van der Waals surface area contributed by atoms with Crippen LogP contribution in [0.1, 0.15) is 19.3 Å². The van der Waals surface area contributed by atoms with Gasteiger partial charge in [0.15, 0.2) is 0 Å². The van der Waals surface area contributed by atoms with E-state index in [-0.39, 0.29) is 12.5 Å². The van der Waals surface area contributed by atoms with Gasteiger partial charge in [-0.25, -0.2) is 0 Å². The second-order valence-corrected chi connectivity index (χ2v) is 3.51. The zero-order chi connectivity index (χ0) is 9.68. The molecule has 3 nitrogen and oxygen atoms in total. The van der Waals surface area contributed by atoms with Crippen LogP contribution >= 0.6 is 0 Å². The molecular weight excluding hydrogens is 166 g/mol. The van der Waals surface area contributed by atoms with Crippen molar-refractivity contribution in [3.8, 4) is 0 Å². The molecule has 0 spiro atoms. The van der Waals surface area contributed by atoms with Crippen molar-refractivity contribution in [3.05, 3.63) is 12.2 Å². The molecule has 0 aromatic rings. The third kappa shape index (κ3) is 3.19. The summed E-state index contributed by atoms with van der Waals surface area (Å²) in [4.78, 5) is 13.1. The van der Waals surface area contributed by atoms with Crippen LogP contribution in [0.4, 0.5) is 0 Å². The second kappa shape index (κ2) is 5.02. The van der Waals surface area contributed by atoms with Crippen LogP contribution in [0.2, 0.25) is 0 Å². The van der Waals surface area contributed by atoms with E-state index in [1.54, 1.807) is 11.9 Å². The first-order valence-electron chi connectivity index (χ1n) is 4.75. The third-order valence-corrected chi connectivity index (χ3v) is 2.41. The first-order chi connectivity index (χ1) is 6.24. The molecule has 1 rings (SSSR count). The first kappa shape index (κ1) is 10.3. The third-order valence-electron chi connectivity index (χ3n) is 2.41. The van der Waals surface area contributed by atoms with Crippen molar-refractivity contribution in [3.63, 3.8) is 0 Å². The van der Waals surface area contributed by atoms with Crippen LogP contribution in [0, 0.1) is 5.92 Å². The lowest BCUT2D eigenvalue weighted by Gasteiger charge is -2.17. The van der Waals surface area contributed by atoms with E-state index in [1.165, 1.54) is 0 Å². The minimum Gasteiger partial charge on any atom is -0.395 e. The van der Waals surface area contributed by atoms with Crippen molar-refractivity contribution in [2.75, 3.05) is 20.2 Å². The van der Waals surface area contributed by atoms with Crippen molar-refractivity contribution >= 4 is 5.91 Å². The van der Waals surface area contributed by atoms with E-state index >= 15 is 0 Å². The van der Waals surface area contributed by atoms with Crippen LogP contribution in [0.5, 0.6) is 0 Å². The van der Waals surface area contributed by atoms with Gasteiger partial charge in [-0.3, -0.25) is 4.79 Å². The monoisotopic (exact) mass is 183 g/mol. The SMILES string of the molecule is CN(CCO)C(=O)CC1C=CCC1. The number of aliphatic hydroxyl groups is 1. The van der Waals surface area contributed by atoms with Gasteiger partial charge in [-0.05, 0) is 18.8 Å². The maximum absolute atomic E-state index is 11.5. The predicted molar refractivity (Wildman–Crippen MR) is 51.2 cm³/mol. The molecule has 0 saturated heterocycles. The lowest BCUT2D eigenvalue weighted by molar-refractivity contribution is -0.131. The molecule has 0 heterocycles. The van der Waals surface area contributed by atoms with Gasteiger partial charge in [0.05, 0.1) is 6.61 Å². The molecule has 3 heteroatoms. The smallest absolute Gasteiger partial charge is 0.222 e. The fourth-order valence-electron chi connectivity index (χ4n) is 1.52. The first-order valence-corrected chi connectivity index (χ1v) is 4.75. The summed E-state index contributed by atoms with van der Waals surface area (Å²) in [5, 5.41) is 8.64. The topological polar surface area (TPSA) is 40.5 Å². The van der Waals surface area contributed by atoms with Crippen LogP contribution in [0.3, 0.4) is 0 Å². The van der Waals surface area contributed by atoms with E-state index < -0.39 is 0 Å². The average Bonchev–Trinajstić information content (AvgIpc) is 2.57. The van der Waals surface area contributed by atoms with Crippen LogP contribution in [0.25, 0.3) is 0 Å². The number of hydrogen-bond donors (Lipinski definition) is 1. The Labute approximate surface area is 79.0 Å². The van der Waals surface area contributed by atoms with E-state index in [9.17, 15) is 4.79 Å². The van der Waals surface area contributed by atoms with E-state index in [4.69, 9.17) is 5.11 Å². The number of likely N-dealkylation sites (N-methyl/N-ethyl adjacent to an activating group) is 1. The highest BCUT2D eigenvalue weighted by atomic mass is 16.3. The molecule has 1 aliphatic rings. The summed E-state index contributed by atoms with van der Waals surface area (Å²) < 4.78 is 0. The highest BCUT2D eigenvalue weighted by Crippen LogP contribution is 2.20. The number of nitrogens with zero attached hydrogens (tertiary/aromatic N) is 1. The number of allylic oxidation sites excluding steroid dienone is 2. The van der Waals surface area contributed by atoms with Crippen LogP contribution < -0.4 is 0 Å². The van der Waals surface area contributed by atoms with E-state index in [2.05, 4.69) is 12.2 Å². The van der Waals surface area contributed by atoms with Gasteiger partial charge < -0.3 is 10.0 Å². The Balaban J connectivity index is 2.27. The minimum atomic E-state index is 0.0444. The molecule has 0 bridgehead atoms. The van der Waals surface area contributed by atoms with Gasteiger partial charge in [0.1, 0.15) is 0 Å². The number of carbonyl (C=O) groups is 1. The fourth-order valence-corrected chi connectivity index (χ4v) is 1.52. The molecule has 0 aliphatic heterocycles. The van der Waals surface area contributed by atoms with Gasteiger partial charge in [0.2, 0.25) is 5.91 Å². The zero-order valence-electron chi connectivity index (χ0n) is 8.07. The van der Waals surface area contributed by atoms with Gasteiger partial charge in [-0.15, -0.1) is 0 Å². The van der Waals surface area contributed by atoms with Gasteiger partial charge in [-0.1, -0.05) is 12.2 Å². The van der Waals surface area contributed by atoms with Crippen molar-refractivity contribution in [2.45, 2.75) is 19.3 Å². The Kier molecular flexibility index (Phi) is 3.96. The fraction of sp³-hybridized carbons (Fsp3) is 0.700. The standard InChI is InChI=1S/C10H17NO2/c1-11(6-7-12)10(13)8-9-4-2-3-5-9/h2,4,9,12H,3,5-8H2,1H3. The normalized spacial score (nSPS) is 20.6. The van der Waals surface area contributed by atoms with E-state index in [0.717, 1.165) is 12.8 Å². The van der Waals surface area contributed by atoms with Crippen LogP contribution in [-0.4, -0.2) is 36.1 Å². The molecule has 1 N–H and O–H groups in total. The Morgan fingerprint density at radius 2 is 2.46 bits per heavy atom. The van der Waals surface area contributed by atoms with Crippen LogP contribution in [0.15, 0.2) is 12.2 Å². The van der Waals surface area contributed by atoms with Crippen molar-refractivity contribution in [1.82, 2.24) is 4.90 Å². The zero-order valence-corrected chi connectivity index (χ0v) is 8.07. The summed E-state index contributed by atoms with van der Waals surface area (Å²) in [5.41, 5.74) is 0. The molecule has 0 saturated carbocycles. The van der Waals surface area contributed by atoms with Crippen molar-refractivity contribution in [1.29, 1.82) is 0 Å². The molecular formula is C10H17NO2. The molecule has 0 fully saturated rings. The molecule has 1 amide bonds. The quantitative estimate of drug-likeness (QED) is 0.655. The Morgan fingerprint density at radius 3 is 3.00 bits per heavy atom. The summed E-state index contributed by atoms with van der Waals surface area (Å²) in [5.74, 6) is 0.555. The molecule has 13 heavy (non-hydrogen) atoms. The summed E-state index contributed by atoms with van der Waals surface area (Å²) >= 11 is 0. The van der Waals surface area contributed by atoms with Crippen molar-refractivity contribution < 1.29 is 9.90 Å². The molecule has 0 aromatic heterocycles. The Bertz CT molecular complexity index is 201. The maximum atomic E-state index is 11.5. The number of rotatable bonds is 4.